The fraction of sp³-hybridized carbons (Fsp3) is 0.222. The summed E-state index contributed by atoms with van der Waals surface area (Å²) in [5.41, 5.74) is 2.09. The van der Waals surface area contributed by atoms with Gasteiger partial charge in [-0.25, -0.2) is 0 Å². The van der Waals surface area contributed by atoms with Crippen molar-refractivity contribution in [1.82, 2.24) is 5.32 Å². The van der Waals surface area contributed by atoms with E-state index in [1.54, 1.807) is 6.08 Å². The highest BCUT2D eigenvalue weighted by Crippen LogP contribution is 2.22. The molecule has 0 spiro atoms. The molecule has 1 aromatic heterocycles. The maximum atomic E-state index is 12.1. The second-order valence-corrected chi connectivity index (χ2v) is 6.08. The normalized spacial score (nSPS) is 12.1. The lowest BCUT2D eigenvalue weighted by molar-refractivity contribution is -0.141. The van der Waals surface area contributed by atoms with Crippen molar-refractivity contribution in [3.8, 4) is 0 Å². The Balaban J connectivity index is 2.04. The molecule has 0 aliphatic carbocycles. The summed E-state index contributed by atoms with van der Waals surface area (Å²) in [5.74, 6) is -0.597. The number of carbonyl (C=O) groups is 2. The predicted octanol–water partition coefficient (Wildman–Crippen LogP) is 3.49. The van der Waals surface area contributed by atoms with E-state index in [-0.39, 0.29) is 24.3 Å². The van der Waals surface area contributed by atoms with Crippen molar-refractivity contribution >= 4 is 29.3 Å². The Kier molecular flexibility index (Phi) is 6.11. The van der Waals surface area contributed by atoms with Crippen molar-refractivity contribution in [1.29, 1.82) is 0 Å². The average molecular weight is 329 g/mol. The molecule has 1 atom stereocenters. The van der Waals surface area contributed by atoms with E-state index in [4.69, 9.17) is 4.74 Å². The summed E-state index contributed by atoms with van der Waals surface area (Å²) in [4.78, 5) is 24.6. The quantitative estimate of drug-likeness (QED) is 0.652. The monoisotopic (exact) mass is 329 g/mol. The third kappa shape index (κ3) is 5.38. The lowest BCUT2D eigenvalue weighted by Gasteiger charge is -2.15. The lowest BCUT2D eigenvalue weighted by Crippen LogP contribution is -2.28. The Morgan fingerprint density at radius 3 is 2.78 bits per heavy atom. The molecular weight excluding hydrogens is 310 g/mol. The molecule has 0 aliphatic heterocycles. The molecule has 23 heavy (non-hydrogen) atoms. The van der Waals surface area contributed by atoms with Gasteiger partial charge in [-0.1, -0.05) is 35.9 Å². The van der Waals surface area contributed by atoms with Crippen LogP contribution in [0.15, 0.2) is 47.9 Å². The summed E-state index contributed by atoms with van der Waals surface area (Å²) in [5, 5.41) is 4.76. The lowest BCUT2D eigenvalue weighted by atomic mass is 10.1. The van der Waals surface area contributed by atoms with Crippen LogP contribution in [0.25, 0.3) is 6.08 Å². The summed E-state index contributed by atoms with van der Waals surface area (Å²) in [6, 6.07) is 11.3. The number of benzene rings is 1. The number of hydrogen-bond donors (Lipinski definition) is 1. The van der Waals surface area contributed by atoms with Gasteiger partial charge in [-0.05, 0) is 30.0 Å². The molecule has 1 amide bonds. The van der Waals surface area contributed by atoms with E-state index in [0.29, 0.717) is 0 Å². The maximum absolute atomic E-state index is 12.1. The molecule has 0 bridgehead atoms. The van der Waals surface area contributed by atoms with Gasteiger partial charge in [0.05, 0.1) is 19.6 Å². The van der Waals surface area contributed by atoms with Gasteiger partial charge in [0.25, 0.3) is 0 Å². The summed E-state index contributed by atoms with van der Waals surface area (Å²) in [7, 11) is 1.34. The van der Waals surface area contributed by atoms with Crippen molar-refractivity contribution in [2.24, 2.45) is 0 Å². The molecule has 0 fully saturated rings. The van der Waals surface area contributed by atoms with Crippen LogP contribution in [0.5, 0.6) is 0 Å². The Morgan fingerprint density at radius 1 is 1.30 bits per heavy atom. The molecule has 2 rings (SSSR count). The summed E-state index contributed by atoms with van der Waals surface area (Å²) in [6.45, 7) is 2.00. The number of hydrogen-bond acceptors (Lipinski definition) is 4. The molecule has 1 N–H and O–H groups in total. The molecule has 0 aliphatic rings. The van der Waals surface area contributed by atoms with E-state index in [2.05, 4.69) is 5.32 Å². The highest BCUT2D eigenvalue weighted by Gasteiger charge is 2.18. The van der Waals surface area contributed by atoms with Crippen LogP contribution in [0, 0.1) is 6.92 Å². The number of esters is 1. The zero-order chi connectivity index (χ0) is 16.7. The molecule has 4 nitrogen and oxygen atoms in total. The van der Waals surface area contributed by atoms with Crippen LogP contribution < -0.4 is 5.32 Å². The first kappa shape index (κ1) is 17.0. The van der Waals surface area contributed by atoms with E-state index in [0.717, 1.165) is 16.0 Å². The second kappa shape index (κ2) is 8.29. The van der Waals surface area contributed by atoms with Crippen molar-refractivity contribution in [2.45, 2.75) is 19.4 Å². The number of aryl methyl sites for hydroxylation is 1. The van der Waals surface area contributed by atoms with Crippen LogP contribution in [0.3, 0.4) is 0 Å². The Bertz CT molecular complexity index is 692. The SMILES string of the molecule is COC(=O)CC(NC(=O)/C=C/c1cccc(C)c1)c1cccs1. The van der Waals surface area contributed by atoms with Gasteiger partial charge in [0, 0.05) is 11.0 Å². The molecule has 5 heteroatoms. The van der Waals surface area contributed by atoms with E-state index in [9.17, 15) is 9.59 Å². The third-order valence-corrected chi connectivity index (χ3v) is 4.26. The first-order valence-electron chi connectivity index (χ1n) is 7.24. The summed E-state index contributed by atoms with van der Waals surface area (Å²) >= 11 is 1.50. The van der Waals surface area contributed by atoms with Crippen molar-refractivity contribution in [2.75, 3.05) is 7.11 Å². The summed E-state index contributed by atoms with van der Waals surface area (Å²) in [6.07, 6.45) is 3.35. The number of carbonyl (C=O) groups excluding carboxylic acids is 2. The number of ether oxygens (including phenoxy) is 1. The zero-order valence-corrected chi connectivity index (χ0v) is 13.9. The molecule has 1 unspecified atom stereocenters. The van der Waals surface area contributed by atoms with Crippen molar-refractivity contribution < 1.29 is 14.3 Å². The topological polar surface area (TPSA) is 55.4 Å². The Labute approximate surface area is 139 Å². The Morgan fingerprint density at radius 2 is 2.13 bits per heavy atom. The van der Waals surface area contributed by atoms with Gasteiger partial charge in [0.15, 0.2) is 0 Å². The van der Waals surface area contributed by atoms with E-state index in [1.165, 1.54) is 24.5 Å². The maximum Gasteiger partial charge on any atom is 0.307 e. The minimum Gasteiger partial charge on any atom is -0.469 e. The molecule has 0 radical (unpaired) electrons. The van der Waals surface area contributed by atoms with E-state index < -0.39 is 0 Å². The van der Waals surface area contributed by atoms with Crippen molar-refractivity contribution in [3.05, 3.63) is 63.9 Å². The first-order valence-corrected chi connectivity index (χ1v) is 8.12. The van der Waals surface area contributed by atoms with Gasteiger partial charge >= 0.3 is 5.97 Å². The fourth-order valence-corrected chi connectivity index (χ4v) is 2.91. The van der Waals surface area contributed by atoms with E-state index in [1.807, 2.05) is 48.7 Å². The largest absolute Gasteiger partial charge is 0.469 e. The van der Waals surface area contributed by atoms with Crippen molar-refractivity contribution in [3.63, 3.8) is 0 Å². The zero-order valence-electron chi connectivity index (χ0n) is 13.1. The molecule has 0 saturated heterocycles. The van der Waals surface area contributed by atoms with Gasteiger partial charge in [0.1, 0.15) is 0 Å². The summed E-state index contributed by atoms with van der Waals surface area (Å²) < 4.78 is 4.70. The molecular formula is C18H19NO3S. The van der Waals surface area contributed by atoms with Gasteiger partial charge in [0.2, 0.25) is 5.91 Å². The minimum atomic E-state index is -0.378. The first-order chi connectivity index (χ1) is 11.1. The van der Waals surface area contributed by atoms with Crippen LogP contribution >= 0.6 is 11.3 Å². The molecule has 1 heterocycles. The highest BCUT2D eigenvalue weighted by atomic mass is 32.1. The molecule has 1 aromatic carbocycles. The van der Waals surface area contributed by atoms with Crippen LogP contribution in [0.2, 0.25) is 0 Å². The van der Waals surface area contributed by atoms with Gasteiger partial charge < -0.3 is 10.1 Å². The fourth-order valence-electron chi connectivity index (χ4n) is 2.13. The predicted molar refractivity (Wildman–Crippen MR) is 92.0 cm³/mol. The Hall–Kier alpha value is -2.40. The van der Waals surface area contributed by atoms with Gasteiger partial charge in [-0.3, -0.25) is 9.59 Å². The molecule has 120 valence electrons. The van der Waals surface area contributed by atoms with Gasteiger partial charge in [-0.2, -0.15) is 0 Å². The third-order valence-electron chi connectivity index (χ3n) is 3.27. The number of rotatable bonds is 6. The number of methoxy groups -OCH3 is 1. The standard InChI is InChI=1S/C18H19NO3S/c1-13-5-3-6-14(11-13)8-9-17(20)19-15(12-18(21)22-2)16-7-4-10-23-16/h3-11,15H,12H2,1-2H3,(H,19,20)/b9-8+. The second-order valence-electron chi connectivity index (χ2n) is 5.10. The number of amides is 1. The van der Waals surface area contributed by atoms with Crippen LogP contribution in [-0.2, 0) is 14.3 Å². The molecule has 2 aromatic rings. The average Bonchev–Trinajstić information content (AvgIpc) is 3.06. The number of nitrogens with one attached hydrogen (secondary N) is 1. The van der Waals surface area contributed by atoms with Crippen LogP contribution in [-0.4, -0.2) is 19.0 Å². The number of thiophene rings is 1. The smallest absolute Gasteiger partial charge is 0.307 e. The van der Waals surface area contributed by atoms with Crippen LogP contribution in [0.1, 0.15) is 28.5 Å². The van der Waals surface area contributed by atoms with E-state index >= 15 is 0 Å². The molecule has 0 saturated carbocycles. The van der Waals surface area contributed by atoms with Crippen LogP contribution in [0.4, 0.5) is 0 Å². The highest BCUT2D eigenvalue weighted by molar-refractivity contribution is 7.10. The van der Waals surface area contributed by atoms with Gasteiger partial charge in [-0.15, -0.1) is 11.3 Å². The minimum absolute atomic E-state index is 0.112.